The van der Waals surface area contributed by atoms with Crippen LogP contribution in [-0.4, -0.2) is 29.9 Å². The fourth-order valence-corrected chi connectivity index (χ4v) is 3.32. The van der Waals surface area contributed by atoms with Crippen molar-refractivity contribution >= 4 is 5.91 Å². The molecule has 2 aromatic rings. The number of carbonyl (C=O) groups is 1. The van der Waals surface area contributed by atoms with Crippen molar-refractivity contribution in [3.8, 4) is 5.75 Å². The summed E-state index contributed by atoms with van der Waals surface area (Å²) >= 11 is 0. The van der Waals surface area contributed by atoms with Crippen molar-refractivity contribution in [3.63, 3.8) is 0 Å². The number of amides is 1. The molecule has 0 saturated carbocycles. The molecule has 4 nitrogen and oxygen atoms in total. The van der Waals surface area contributed by atoms with Crippen LogP contribution in [0.4, 0.5) is 4.39 Å². The summed E-state index contributed by atoms with van der Waals surface area (Å²) in [7, 11) is 0. The molecule has 2 aromatic carbocycles. The number of ether oxygens (including phenoxy) is 1. The summed E-state index contributed by atoms with van der Waals surface area (Å²) < 4.78 is 18.8. The maximum atomic E-state index is 13.2. The average Bonchev–Trinajstić information content (AvgIpc) is 2.66. The van der Waals surface area contributed by atoms with Crippen molar-refractivity contribution in [1.29, 1.82) is 0 Å². The van der Waals surface area contributed by atoms with Gasteiger partial charge in [-0.3, -0.25) is 4.79 Å². The Bertz CT molecular complexity index is 763. The second kappa shape index (κ2) is 8.32. The molecule has 1 saturated heterocycles. The van der Waals surface area contributed by atoms with Gasteiger partial charge in [0.05, 0.1) is 0 Å². The number of likely N-dealkylation sites (tertiary alicyclic amines) is 1. The van der Waals surface area contributed by atoms with E-state index in [4.69, 9.17) is 10.5 Å². The van der Waals surface area contributed by atoms with Gasteiger partial charge < -0.3 is 15.4 Å². The highest BCUT2D eigenvalue weighted by molar-refractivity contribution is 5.94. The van der Waals surface area contributed by atoms with Crippen LogP contribution in [-0.2, 0) is 6.61 Å². The maximum absolute atomic E-state index is 13.2. The number of benzene rings is 2. The third-order valence-electron chi connectivity index (χ3n) is 4.86. The highest BCUT2D eigenvalue weighted by Crippen LogP contribution is 2.21. The van der Waals surface area contributed by atoms with Crippen LogP contribution in [0.3, 0.4) is 0 Å². The number of hydrogen-bond acceptors (Lipinski definition) is 3. The smallest absolute Gasteiger partial charge is 0.253 e. The lowest BCUT2D eigenvalue weighted by atomic mass is 9.92. The van der Waals surface area contributed by atoms with Crippen LogP contribution in [0.25, 0.3) is 0 Å². The monoisotopic (exact) mass is 356 g/mol. The van der Waals surface area contributed by atoms with Gasteiger partial charge in [-0.25, -0.2) is 4.39 Å². The van der Waals surface area contributed by atoms with Crippen LogP contribution < -0.4 is 10.5 Å². The molecule has 26 heavy (non-hydrogen) atoms. The number of piperidine rings is 1. The van der Waals surface area contributed by atoms with Crippen molar-refractivity contribution < 1.29 is 13.9 Å². The van der Waals surface area contributed by atoms with Gasteiger partial charge in [0, 0.05) is 30.8 Å². The third kappa shape index (κ3) is 4.61. The molecule has 1 aliphatic heterocycles. The Hall–Kier alpha value is -2.40. The number of halogens is 1. The quantitative estimate of drug-likeness (QED) is 0.890. The van der Waals surface area contributed by atoms with E-state index in [1.54, 1.807) is 12.1 Å². The third-order valence-corrected chi connectivity index (χ3v) is 4.86. The van der Waals surface area contributed by atoms with Gasteiger partial charge in [-0.05, 0) is 55.5 Å². The van der Waals surface area contributed by atoms with Crippen LogP contribution >= 0.6 is 0 Å². The van der Waals surface area contributed by atoms with Gasteiger partial charge in [-0.2, -0.15) is 0 Å². The Morgan fingerprint density at radius 3 is 2.88 bits per heavy atom. The van der Waals surface area contributed by atoms with Gasteiger partial charge >= 0.3 is 0 Å². The first-order chi connectivity index (χ1) is 12.5. The molecule has 1 amide bonds. The van der Waals surface area contributed by atoms with Gasteiger partial charge in [0.1, 0.15) is 18.2 Å². The minimum atomic E-state index is -0.333. The molecule has 138 valence electrons. The molecule has 0 radical (unpaired) electrons. The van der Waals surface area contributed by atoms with E-state index in [2.05, 4.69) is 0 Å². The van der Waals surface area contributed by atoms with E-state index in [1.807, 2.05) is 36.1 Å². The van der Waals surface area contributed by atoms with Crippen LogP contribution in [0.5, 0.6) is 5.75 Å². The minimum Gasteiger partial charge on any atom is -0.489 e. The van der Waals surface area contributed by atoms with E-state index < -0.39 is 0 Å². The normalized spacial score (nSPS) is 18.4. The fourth-order valence-electron chi connectivity index (χ4n) is 3.32. The van der Waals surface area contributed by atoms with Crippen LogP contribution in [0.2, 0.25) is 0 Å². The van der Waals surface area contributed by atoms with Gasteiger partial charge in [0.15, 0.2) is 0 Å². The molecule has 0 unspecified atom stereocenters. The van der Waals surface area contributed by atoms with Crippen molar-refractivity contribution in [3.05, 3.63) is 65.5 Å². The first-order valence-electron chi connectivity index (χ1n) is 9.05. The predicted molar refractivity (Wildman–Crippen MR) is 99.5 cm³/mol. The second-order valence-corrected chi connectivity index (χ2v) is 6.96. The molecule has 5 heteroatoms. The topological polar surface area (TPSA) is 55.6 Å². The molecular weight excluding hydrogens is 331 g/mol. The fraction of sp³-hybridized carbons (Fsp3) is 0.381. The molecule has 1 heterocycles. The number of hydrogen-bond donors (Lipinski definition) is 1. The summed E-state index contributed by atoms with van der Waals surface area (Å²) in [6.07, 6.45) is 2.06. The van der Waals surface area contributed by atoms with Crippen molar-refractivity contribution in [2.24, 2.45) is 11.7 Å². The van der Waals surface area contributed by atoms with Crippen LogP contribution in [0.1, 0.15) is 35.7 Å². The van der Waals surface area contributed by atoms with Gasteiger partial charge in [-0.1, -0.05) is 18.2 Å². The molecule has 1 aliphatic rings. The van der Waals surface area contributed by atoms with Gasteiger partial charge in [0.2, 0.25) is 0 Å². The van der Waals surface area contributed by atoms with Crippen molar-refractivity contribution in [2.75, 3.05) is 13.1 Å². The molecule has 0 aromatic heterocycles. The maximum Gasteiger partial charge on any atom is 0.253 e. The Kier molecular flexibility index (Phi) is 5.89. The zero-order chi connectivity index (χ0) is 18.5. The van der Waals surface area contributed by atoms with E-state index in [0.29, 0.717) is 23.8 Å². The Morgan fingerprint density at radius 2 is 2.12 bits per heavy atom. The van der Waals surface area contributed by atoms with E-state index in [9.17, 15) is 9.18 Å². The Morgan fingerprint density at radius 1 is 1.31 bits per heavy atom. The zero-order valence-corrected chi connectivity index (χ0v) is 15.0. The second-order valence-electron chi connectivity index (χ2n) is 6.96. The first-order valence-corrected chi connectivity index (χ1v) is 9.05. The van der Waals surface area contributed by atoms with E-state index in [1.165, 1.54) is 12.1 Å². The number of nitrogens with two attached hydrogens (primary N) is 1. The number of carbonyl (C=O) groups excluding carboxylic acids is 1. The van der Waals surface area contributed by atoms with Crippen LogP contribution in [0.15, 0.2) is 48.5 Å². The summed E-state index contributed by atoms with van der Waals surface area (Å²) in [4.78, 5) is 14.7. The lowest BCUT2D eigenvalue weighted by Gasteiger charge is -2.34. The lowest BCUT2D eigenvalue weighted by molar-refractivity contribution is 0.0661. The van der Waals surface area contributed by atoms with E-state index >= 15 is 0 Å². The van der Waals surface area contributed by atoms with Crippen LogP contribution in [0, 0.1) is 11.7 Å². The number of rotatable bonds is 5. The molecule has 2 N–H and O–H groups in total. The largest absolute Gasteiger partial charge is 0.489 e. The summed E-state index contributed by atoms with van der Waals surface area (Å²) in [5.41, 5.74) is 7.54. The molecular formula is C21H25FN2O2. The van der Waals surface area contributed by atoms with Gasteiger partial charge in [-0.15, -0.1) is 0 Å². The first kappa shape index (κ1) is 18.4. The molecule has 2 atom stereocenters. The minimum absolute atomic E-state index is 0.0305. The summed E-state index contributed by atoms with van der Waals surface area (Å²) in [5, 5.41) is 0. The molecule has 0 bridgehead atoms. The Balaban J connectivity index is 1.65. The SMILES string of the molecule is C[C@@H](N)[C@H]1CCCN(C(=O)c2cccc(COc3cccc(F)c3)c2)C1. The summed E-state index contributed by atoms with van der Waals surface area (Å²) in [6.45, 7) is 3.77. The van der Waals surface area contributed by atoms with Crippen molar-refractivity contribution in [2.45, 2.75) is 32.4 Å². The zero-order valence-electron chi connectivity index (χ0n) is 15.0. The molecule has 3 rings (SSSR count). The van der Waals surface area contributed by atoms with E-state index in [0.717, 1.165) is 24.9 Å². The highest BCUT2D eigenvalue weighted by Gasteiger charge is 2.26. The lowest BCUT2D eigenvalue weighted by Crippen LogP contribution is -2.45. The van der Waals surface area contributed by atoms with E-state index in [-0.39, 0.29) is 24.4 Å². The standard InChI is InChI=1S/C21H25FN2O2/c1-15(23)18-7-4-10-24(13-18)21(25)17-6-2-5-16(11-17)14-26-20-9-3-8-19(22)12-20/h2-3,5-6,8-9,11-12,15,18H,4,7,10,13-14,23H2,1H3/t15-,18+/m1/s1. The molecule has 1 fully saturated rings. The Labute approximate surface area is 153 Å². The molecule has 0 aliphatic carbocycles. The van der Waals surface area contributed by atoms with Crippen molar-refractivity contribution in [1.82, 2.24) is 4.90 Å². The molecule has 0 spiro atoms. The van der Waals surface area contributed by atoms with Gasteiger partial charge in [0.25, 0.3) is 5.91 Å². The highest BCUT2D eigenvalue weighted by atomic mass is 19.1. The predicted octanol–water partition coefficient (Wildman–Crippen LogP) is 3.60. The number of nitrogens with zero attached hydrogens (tertiary/aromatic N) is 1. The average molecular weight is 356 g/mol. The summed E-state index contributed by atoms with van der Waals surface area (Å²) in [5.74, 6) is 0.521. The summed E-state index contributed by atoms with van der Waals surface area (Å²) in [6, 6.07) is 13.5.